The molecule has 0 saturated carbocycles. The Hall–Kier alpha value is -1.53. The highest BCUT2D eigenvalue weighted by Gasteiger charge is 2.44. The number of anilines is 1. The van der Waals surface area contributed by atoms with Crippen LogP contribution in [0, 0.1) is 0 Å². The Kier molecular flexibility index (Phi) is 4.69. The van der Waals surface area contributed by atoms with Gasteiger partial charge in [0.2, 0.25) is 0 Å². The van der Waals surface area contributed by atoms with E-state index in [1.807, 2.05) is 47.2 Å². The van der Waals surface area contributed by atoms with Crippen molar-refractivity contribution in [2.24, 2.45) is 0 Å². The van der Waals surface area contributed by atoms with Gasteiger partial charge in [0.1, 0.15) is 6.10 Å². The Morgan fingerprint density at radius 3 is 2.95 bits per heavy atom. The minimum atomic E-state index is 0.179. The van der Waals surface area contributed by atoms with Crippen molar-refractivity contribution in [3.63, 3.8) is 0 Å². The molecule has 2 aromatic heterocycles. The summed E-state index contributed by atoms with van der Waals surface area (Å²) in [5.41, 5.74) is 2.06. The number of aromatic nitrogens is 3. The average molecular weight is 318 g/mol. The summed E-state index contributed by atoms with van der Waals surface area (Å²) >= 11 is 1.87. The van der Waals surface area contributed by atoms with Crippen LogP contribution in [0.5, 0.6) is 0 Å². The van der Waals surface area contributed by atoms with E-state index in [1.165, 1.54) is 0 Å². The topological polar surface area (TPSA) is 46.5 Å². The van der Waals surface area contributed by atoms with Crippen LogP contribution in [0.4, 0.5) is 5.69 Å². The molecule has 0 bridgehead atoms. The second-order valence-corrected chi connectivity index (χ2v) is 6.69. The number of hydrogen-bond donors (Lipinski definition) is 0. The average Bonchev–Trinajstić information content (AvgIpc) is 3.10. The molecule has 2 unspecified atom stereocenters. The summed E-state index contributed by atoms with van der Waals surface area (Å²) in [5, 5.41) is 4.46. The van der Waals surface area contributed by atoms with Gasteiger partial charge in [-0.1, -0.05) is 0 Å². The zero-order valence-electron chi connectivity index (χ0n) is 13.2. The van der Waals surface area contributed by atoms with Crippen LogP contribution in [0.2, 0.25) is 0 Å². The number of pyridine rings is 1. The molecule has 0 spiro atoms. The highest BCUT2D eigenvalue weighted by Crippen LogP contribution is 2.35. The number of hydrogen-bond acceptors (Lipinski definition) is 5. The van der Waals surface area contributed by atoms with Gasteiger partial charge in [0.25, 0.3) is 0 Å². The van der Waals surface area contributed by atoms with Gasteiger partial charge in [0.05, 0.1) is 30.0 Å². The zero-order valence-corrected chi connectivity index (χ0v) is 14.0. The van der Waals surface area contributed by atoms with Crippen molar-refractivity contribution in [1.82, 2.24) is 14.8 Å². The van der Waals surface area contributed by atoms with E-state index < -0.39 is 0 Å². The first-order valence-electron chi connectivity index (χ1n) is 7.58. The number of nitrogens with zero attached hydrogens (tertiary/aromatic N) is 4. The van der Waals surface area contributed by atoms with E-state index in [2.05, 4.69) is 35.1 Å². The molecule has 3 heterocycles. The van der Waals surface area contributed by atoms with E-state index >= 15 is 0 Å². The highest BCUT2D eigenvalue weighted by molar-refractivity contribution is 7.98. The molecular weight excluding hydrogens is 296 g/mol. The molecule has 1 fully saturated rings. The van der Waals surface area contributed by atoms with Crippen molar-refractivity contribution in [2.45, 2.75) is 38.6 Å². The van der Waals surface area contributed by atoms with Gasteiger partial charge < -0.3 is 9.64 Å². The first-order chi connectivity index (χ1) is 10.7. The van der Waals surface area contributed by atoms with E-state index in [0.29, 0.717) is 12.1 Å². The van der Waals surface area contributed by atoms with Gasteiger partial charge >= 0.3 is 0 Å². The summed E-state index contributed by atoms with van der Waals surface area (Å²) in [6, 6.07) is 4.29. The second kappa shape index (κ2) is 6.71. The van der Waals surface area contributed by atoms with E-state index in [0.717, 1.165) is 23.5 Å². The monoisotopic (exact) mass is 318 g/mol. The van der Waals surface area contributed by atoms with Crippen LogP contribution in [-0.2, 0) is 4.74 Å². The third kappa shape index (κ3) is 3.28. The lowest BCUT2D eigenvalue weighted by Gasteiger charge is -2.25. The van der Waals surface area contributed by atoms with Crippen LogP contribution in [0.3, 0.4) is 0 Å². The number of rotatable bonds is 7. The van der Waals surface area contributed by atoms with Crippen LogP contribution in [-0.4, -0.2) is 45.1 Å². The maximum atomic E-state index is 5.88. The Morgan fingerprint density at radius 1 is 1.41 bits per heavy atom. The Morgan fingerprint density at radius 2 is 2.27 bits per heavy atom. The van der Waals surface area contributed by atoms with E-state index in [1.54, 1.807) is 6.20 Å². The molecular formula is C16H22N4OS. The summed E-state index contributed by atoms with van der Waals surface area (Å²) in [4.78, 5) is 6.45. The fourth-order valence-corrected chi connectivity index (χ4v) is 3.11. The molecule has 0 aliphatic carbocycles. The number of epoxide rings is 1. The zero-order chi connectivity index (χ0) is 15.5. The summed E-state index contributed by atoms with van der Waals surface area (Å²) in [5.74, 6) is 1.14. The van der Waals surface area contributed by atoms with Crippen LogP contribution < -0.4 is 4.90 Å². The number of ether oxygens (including phenoxy) is 1. The molecule has 3 rings (SSSR count). The fraction of sp³-hybridized carbons (Fsp3) is 0.500. The maximum Gasteiger partial charge on any atom is 0.157 e. The molecule has 1 saturated heterocycles. The summed E-state index contributed by atoms with van der Waals surface area (Å²) in [6.07, 6.45) is 11.3. The van der Waals surface area contributed by atoms with Crippen molar-refractivity contribution in [3.8, 4) is 5.69 Å². The first-order valence-corrected chi connectivity index (χ1v) is 8.98. The SMILES string of the molecule is CSCCC1OC1N(c1cnn(-c2cccnc2)c1)C(C)C. The van der Waals surface area contributed by atoms with E-state index in [9.17, 15) is 0 Å². The lowest BCUT2D eigenvalue weighted by Crippen LogP contribution is -2.34. The molecule has 118 valence electrons. The van der Waals surface area contributed by atoms with Crippen LogP contribution >= 0.6 is 11.8 Å². The molecule has 1 aliphatic rings. The Bertz CT molecular complexity index is 601. The van der Waals surface area contributed by atoms with Gasteiger partial charge in [-0.25, -0.2) is 4.68 Å². The molecule has 0 radical (unpaired) electrons. The minimum absolute atomic E-state index is 0.179. The molecule has 1 aliphatic heterocycles. The standard InChI is InChI=1S/C16H22N4OS/c1-12(2)20(16-15(21-16)6-8-22-3)14-10-18-19(11-14)13-5-4-7-17-9-13/h4-5,7,9-12,15-16H,6,8H2,1-3H3. The van der Waals surface area contributed by atoms with Crippen molar-refractivity contribution in [1.29, 1.82) is 0 Å². The molecule has 5 nitrogen and oxygen atoms in total. The predicted octanol–water partition coefficient (Wildman–Crippen LogP) is 2.96. The van der Waals surface area contributed by atoms with Crippen LogP contribution in [0.15, 0.2) is 36.9 Å². The fourth-order valence-electron chi connectivity index (χ4n) is 2.64. The molecule has 22 heavy (non-hydrogen) atoms. The van der Waals surface area contributed by atoms with Gasteiger partial charge in [-0.2, -0.15) is 16.9 Å². The lowest BCUT2D eigenvalue weighted by molar-refractivity contribution is 0.355. The second-order valence-electron chi connectivity index (χ2n) is 5.70. The van der Waals surface area contributed by atoms with Crippen LogP contribution in [0.1, 0.15) is 20.3 Å². The Balaban J connectivity index is 1.75. The van der Waals surface area contributed by atoms with Crippen LogP contribution in [0.25, 0.3) is 5.69 Å². The summed E-state index contributed by atoms with van der Waals surface area (Å²) in [6.45, 7) is 4.38. The molecule has 0 amide bonds. The van der Waals surface area contributed by atoms with E-state index in [4.69, 9.17) is 4.74 Å². The van der Waals surface area contributed by atoms with Gasteiger partial charge in [0, 0.05) is 12.2 Å². The Labute approximate surface area is 135 Å². The molecule has 6 heteroatoms. The number of thioether (sulfide) groups is 1. The minimum Gasteiger partial charge on any atom is -0.348 e. The van der Waals surface area contributed by atoms with E-state index in [-0.39, 0.29) is 6.23 Å². The van der Waals surface area contributed by atoms with Gasteiger partial charge in [-0.05, 0) is 44.4 Å². The maximum absolute atomic E-state index is 5.88. The lowest BCUT2D eigenvalue weighted by atomic mass is 10.2. The van der Waals surface area contributed by atoms with Crippen molar-refractivity contribution >= 4 is 17.4 Å². The quantitative estimate of drug-likeness (QED) is 0.735. The third-order valence-corrected chi connectivity index (χ3v) is 4.41. The smallest absolute Gasteiger partial charge is 0.157 e. The summed E-state index contributed by atoms with van der Waals surface area (Å²) < 4.78 is 7.73. The first kappa shape index (κ1) is 15.4. The van der Waals surface area contributed by atoms with Crippen molar-refractivity contribution < 1.29 is 4.74 Å². The van der Waals surface area contributed by atoms with Crippen molar-refractivity contribution in [2.75, 3.05) is 16.9 Å². The predicted molar refractivity (Wildman–Crippen MR) is 90.6 cm³/mol. The summed E-state index contributed by atoms with van der Waals surface area (Å²) in [7, 11) is 0. The normalized spacial score (nSPS) is 20.4. The molecule has 0 aromatic carbocycles. The molecule has 0 N–H and O–H groups in total. The highest BCUT2D eigenvalue weighted by atomic mass is 32.2. The van der Waals surface area contributed by atoms with Crippen molar-refractivity contribution in [3.05, 3.63) is 36.9 Å². The van der Waals surface area contributed by atoms with Gasteiger partial charge in [-0.15, -0.1) is 0 Å². The molecule has 2 aromatic rings. The third-order valence-electron chi connectivity index (χ3n) is 3.77. The molecule has 2 atom stereocenters. The van der Waals surface area contributed by atoms with Gasteiger partial charge in [0.15, 0.2) is 6.23 Å². The largest absolute Gasteiger partial charge is 0.348 e. The van der Waals surface area contributed by atoms with Gasteiger partial charge in [-0.3, -0.25) is 4.98 Å².